The first-order valence-corrected chi connectivity index (χ1v) is 10.3. The number of ether oxygens (including phenoxy) is 1. The number of rotatable bonds is 7. The first-order valence-electron chi connectivity index (χ1n) is 10.3. The lowest BCUT2D eigenvalue weighted by atomic mass is 10.0. The molecule has 0 saturated carbocycles. The first kappa shape index (κ1) is 23.5. The van der Waals surface area contributed by atoms with Crippen LogP contribution in [-0.2, 0) is 22.6 Å². The SMILES string of the molecule is COc1cccc(CN(C(=O)Cc2cc(C)cc(C)c2)C(C)C(=O)NC(C)(C)C)c1. The van der Waals surface area contributed by atoms with Crippen molar-refractivity contribution in [3.63, 3.8) is 0 Å². The van der Waals surface area contributed by atoms with Crippen LogP contribution in [0.2, 0.25) is 0 Å². The number of benzene rings is 2. The van der Waals surface area contributed by atoms with Crippen LogP contribution in [-0.4, -0.2) is 35.4 Å². The largest absolute Gasteiger partial charge is 0.497 e. The predicted molar refractivity (Wildman–Crippen MR) is 121 cm³/mol. The molecule has 0 aliphatic carbocycles. The molecule has 2 amide bonds. The molecule has 0 saturated heterocycles. The van der Waals surface area contributed by atoms with E-state index in [4.69, 9.17) is 4.74 Å². The number of nitrogens with one attached hydrogen (secondary N) is 1. The molecule has 1 N–H and O–H groups in total. The molecular weight excluding hydrogens is 376 g/mol. The van der Waals surface area contributed by atoms with Crippen LogP contribution in [0.4, 0.5) is 0 Å². The maximum atomic E-state index is 13.3. The quantitative estimate of drug-likeness (QED) is 0.745. The van der Waals surface area contributed by atoms with Crippen LogP contribution in [0.25, 0.3) is 0 Å². The number of carbonyl (C=O) groups is 2. The van der Waals surface area contributed by atoms with Crippen LogP contribution >= 0.6 is 0 Å². The van der Waals surface area contributed by atoms with E-state index in [9.17, 15) is 9.59 Å². The van der Waals surface area contributed by atoms with Crippen molar-refractivity contribution in [3.8, 4) is 5.75 Å². The van der Waals surface area contributed by atoms with Gasteiger partial charge in [0.15, 0.2) is 0 Å². The minimum atomic E-state index is -0.603. The van der Waals surface area contributed by atoms with E-state index in [2.05, 4.69) is 11.4 Å². The molecule has 0 aliphatic rings. The fraction of sp³-hybridized carbons (Fsp3) is 0.440. The minimum absolute atomic E-state index is 0.0839. The molecule has 0 aromatic heterocycles. The second kappa shape index (κ2) is 9.79. The molecule has 1 atom stereocenters. The van der Waals surface area contributed by atoms with Crippen LogP contribution < -0.4 is 10.1 Å². The van der Waals surface area contributed by atoms with E-state index < -0.39 is 6.04 Å². The van der Waals surface area contributed by atoms with Crippen molar-refractivity contribution in [3.05, 3.63) is 64.7 Å². The summed E-state index contributed by atoms with van der Waals surface area (Å²) in [4.78, 5) is 27.8. The van der Waals surface area contributed by atoms with Crippen molar-refractivity contribution in [1.82, 2.24) is 10.2 Å². The number of methoxy groups -OCH3 is 1. The Labute approximate surface area is 180 Å². The normalized spacial score (nSPS) is 12.2. The van der Waals surface area contributed by atoms with Gasteiger partial charge in [-0.2, -0.15) is 0 Å². The highest BCUT2D eigenvalue weighted by Gasteiger charge is 2.28. The highest BCUT2D eigenvalue weighted by Crippen LogP contribution is 2.18. The van der Waals surface area contributed by atoms with Crippen molar-refractivity contribution in [2.45, 2.75) is 66.1 Å². The fourth-order valence-electron chi connectivity index (χ4n) is 3.47. The van der Waals surface area contributed by atoms with Gasteiger partial charge < -0.3 is 15.0 Å². The fourth-order valence-corrected chi connectivity index (χ4v) is 3.47. The molecule has 5 heteroatoms. The van der Waals surface area contributed by atoms with Gasteiger partial charge in [0.05, 0.1) is 13.5 Å². The van der Waals surface area contributed by atoms with Crippen LogP contribution in [0, 0.1) is 13.8 Å². The standard InChI is InChI=1S/C25H34N2O3/c1-17-11-18(2)13-21(12-17)15-23(28)27(19(3)24(29)26-25(4,5)6)16-20-9-8-10-22(14-20)30-7/h8-14,19H,15-16H2,1-7H3,(H,26,29). The second-order valence-electron chi connectivity index (χ2n) is 8.96. The molecule has 162 valence electrons. The Morgan fingerprint density at radius 3 is 2.23 bits per heavy atom. The Morgan fingerprint density at radius 1 is 1.03 bits per heavy atom. The molecule has 5 nitrogen and oxygen atoms in total. The van der Waals surface area contributed by atoms with Crippen LogP contribution in [0.5, 0.6) is 5.75 Å². The maximum Gasteiger partial charge on any atom is 0.242 e. The number of hydrogen-bond acceptors (Lipinski definition) is 3. The lowest BCUT2D eigenvalue weighted by Crippen LogP contribution is -2.52. The number of carbonyl (C=O) groups excluding carboxylic acids is 2. The average molecular weight is 411 g/mol. The van der Waals surface area contributed by atoms with Gasteiger partial charge in [-0.05, 0) is 64.8 Å². The van der Waals surface area contributed by atoms with E-state index in [0.29, 0.717) is 6.54 Å². The molecule has 0 fully saturated rings. The van der Waals surface area contributed by atoms with Crippen molar-refractivity contribution in [2.75, 3.05) is 7.11 Å². The summed E-state index contributed by atoms with van der Waals surface area (Å²) in [6, 6.07) is 13.1. The number of nitrogens with zero attached hydrogens (tertiary/aromatic N) is 1. The summed E-state index contributed by atoms with van der Waals surface area (Å²) in [5.74, 6) is 0.472. The number of hydrogen-bond donors (Lipinski definition) is 1. The van der Waals surface area contributed by atoms with E-state index in [0.717, 1.165) is 28.0 Å². The van der Waals surface area contributed by atoms with Gasteiger partial charge in [0.2, 0.25) is 11.8 Å². The van der Waals surface area contributed by atoms with E-state index in [1.165, 1.54) is 0 Å². The highest BCUT2D eigenvalue weighted by atomic mass is 16.5. The minimum Gasteiger partial charge on any atom is -0.497 e. The van der Waals surface area contributed by atoms with Crippen molar-refractivity contribution < 1.29 is 14.3 Å². The highest BCUT2D eigenvalue weighted by molar-refractivity contribution is 5.88. The van der Waals surface area contributed by atoms with Gasteiger partial charge in [-0.15, -0.1) is 0 Å². The molecule has 2 rings (SSSR count). The first-order chi connectivity index (χ1) is 14.0. The summed E-state index contributed by atoms with van der Waals surface area (Å²) in [6.45, 7) is 12.0. The number of amides is 2. The molecule has 0 heterocycles. The Kier molecular flexibility index (Phi) is 7.65. The van der Waals surface area contributed by atoms with Gasteiger partial charge >= 0.3 is 0 Å². The summed E-state index contributed by atoms with van der Waals surface area (Å²) in [6.07, 6.45) is 0.250. The van der Waals surface area contributed by atoms with Crippen LogP contribution in [0.3, 0.4) is 0 Å². The Hall–Kier alpha value is -2.82. The maximum absolute atomic E-state index is 13.3. The molecule has 30 heavy (non-hydrogen) atoms. The van der Waals surface area contributed by atoms with E-state index in [1.54, 1.807) is 18.9 Å². The van der Waals surface area contributed by atoms with Crippen LogP contribution in [0.1, 0.15) is 49.9 Å². The molecule has 0 radical (unpaired) electrons. The average Bonchev–Trinajstić information content (AvgIpc) is 2.63. The van der Waals surface area contributed by atoms with Crippen LogP contribution in [0.15, 0.2) is 42.5 Å². The molecule has 0 aliphatic heterocycles. The molecule has 0 bridgehead atoms. The predicted octanol–water partition coefficient (Wildman–Crippen LogP) is 4.19. The zero-order valence-corrected chi connectivity index (χ0v) is 19.2. The zero-order valence-electron chi connectivity index (χ0n) is 19.2. The summed E-state index contributed by atoms with van der Waals surface area (Å²) in [5.41, 5.74) is 3.74. The van der Waals surface area contributed by atoms with Gasteiger partial charge in [-0.3, -0.25) is 9.59 Å². The summed E-state index contributed by atoms with van der Waals surface area (Å²) in [5, 5.41) is 2.99. The molecule has 0 spiro atoms. The summed E-state index contributed by atoms with van der Waals surface area (Å²) >= 11 is 0. The van der Waals surface area contributed by atoms with Gasteiger partial charge in [-0.1, -0.05) is 41.5 Å². The van der Waals surface area contributed by atoms with Gasteiger partial charge in [0.25, 0.3) is 0 Å². The Morgan fingerprint density at radius 2 is 1.67 bits per heavy atom. The third-order valence-corrected chi connectivity index (χ3v) is 4.79. The Balaban J connectivity index is 2.30. The lowest BCUT2D eigenvalue weighted by Gasteiger charge is -2.31. The summed E-state index contributed by atoms with van der Waals surface area (Å²) < 4.78 is 5.31. The topological polar surface area (TPSA) is 58.6 Å². The Bertz CT molecular complexity index is 879. The van der Waals surface area contributed by atoms with Crippen molar-refractivity contribution in [2.24, 2.45) is 0 Å². The monoisotopic (exact) mass is 410 g/mol. The van der Waals surface area contributed by atoms with Gasteiger partial charge in [0.1, 0.15) is 11.8 Å². The van der Waals surface area contributed by atoms with Gasteiger partial charge in [0, 0.05) is 12.1 Å². The third-order valence-electron chi connectivity index (χ3n) is 4.79. The number of aryl methyl sites for hydroxylation is 2. The van der Waals surface area contributed by atoms with Crippen molar-refractivity contribution >= 4 is 11.8 Å². The van der Waals surface area contributed by atoms with E-state index in [1.807, 2.05) is 71.0 Å². The molecule has 1 unspecified atom stereocenters. The molecule has 2 aromatic carbocycles. The second-order valence-corrected chi connectivity index (χ2v) is 8.96. The van der Waals surface area contributed by atoms with Crippen molar-refractivity contribution in [1.29, 1.82) is 0 Å². The smallest absolute Gasteiger partial charge is 0.242 e. The van der Waals surface area contributed by atoms with E-state index in [-0.39, 0.29) is 23.8 Å². The zero-order chi connectivity index (χ0) is 22.5. The lowest BCUT2D eigenvalue weighted by molar-refractivity contribution is -0.140. The molecular formula is C25H34N2O3. The third kappa shape index (κ3) is 6.90. The molecule has 2 aromatic rings. The van der Waals surface area contributed by atoms with Gasteiger partial charge in [-0.25, -0.2) is 0 Å². The summed E-state index contributed by atoms with van der Waals surface area (Å²) in [7, 11) is 1.61. The van der Waals surface area contributed by atoms with E-state index >= 15 is 0 Å².